The third-order valence-corrected chi connectivity index (χ3v) is 2.89. The molecule has 2 aromatic rings. The molecular weight excluding hydrogens is 281 g/mol. The molecule has 6 heteroatoms. The molecule has 0 spiro atoms. The van der Waals surface area contributed by atoms with Crippen molar-refractivity contribution in [3.8, 4) is 23.1 Å². The Kier molecular flexibility index (Phi) is 4.13. The largest absolute Gasteiger partial charge is 0.481 e. The van der Waals surface area contributed by atoms with E-state index in [0.29, 0.717) is 16.8 Å². The second-order valence-electron chi connectivity index (χ2n) is 4.27. The average molecular weight is 292 g/mol. The van der Waals surface area contributed by atoms with Gasteiger partial charge in [-0.2, -0.15) is 18.4 Å². The van der Waals surface area contributed by atoms with Crippen molar-refractivity contribution in [2.24, 2.45) is 0 Å². The predicted molar refractivity (Wildman–Crippen MR) is 70.5 cm³/mol. The van der Waals surface area contributed by atoms with E-state index in [-0.39, 0.29) is 12.3 Å². The number of rotatable bonds is 3. The Morgan fingerprint density at radius 3 is 2.33 bits per heavy atom. The van der Waals surface area contributed by atoms with Gasteiger partial charge in [-0.15, -0.1) is 0 Å². The molecule has 1 aromatic heterocycles. The number of aromatic nitrogens is 1. The summed E-state index contributed by atoms with van der Waals surface area (Å²) >= 11 is 0. The third kappa shape index (κ3) is 3.31. The summed E-state index contributed by atoms with van der Waals surface area (Å²) in [5.74, 6) is 0.280. The number of pyridine rings is 1. The second kappa shape index (κ2) is 5.83. The summed E-state index contributed by atoms with van der Waals surface area (Å²) < 4.78 is 42.8. The first-order valence-corrected chi connectivity index (χ1v) is 6.04. The summed E-state index contributed by atoms with van der Waals surface area (Å²) in [6, 6.07) is 10.1. The van der Waals surface area contributed by atoms with E-state index in [0.717, 1.165) is 12.1 Å². The highest BCUT2D eigenvalue weighted by Gasteiger charge is 2.30. The van der Waals surface area contributed by atoms with Crippen LogP contribution in [0, 0.1) is 11.3 Å². The van der Waals surface area contributed by atoms with E-state index >= 15 is 0 Å². The van der Waals surface area contributed by atoms with Crippen molar-refractivity contribution in [3.05, 3.63) is 47.7 Å². The highest BCUT2D eigenvalue weighted by Crippen LogP contribution is 2.33. The minimum atomic E-state index is -4.36. The molecular formula is C15H11F3N2O. The summed E-state index contributed by atoms with van der Waals surface area (Å²) in [5, 5.41) is 8.64. The minimum Gasteiger partial charge on any atom is -0.481 e. The lowest BCUT2D eigenvalue weighted by molar-refractivity contribution is -0.137. The van der Waals surface area contributed by atoms with Gasteiger partial charge in [0.25, 0.3) is 0 Å². The molecule has 0 radical (unpaired) electrons. The van der Waals surface area contributed by atoms with Gasteiger partial charge in [-0.3, -0.25) is 0 Å². The Labute approximate surface area is 119 Å². The van der Waals surface area contributed by atoms with Crippen molar-refractivity contribution >= 4 is 0 Å². The van der Waals surface area contributed by atoms with E-state index in [1.165, 1.54) is 19.2 Å². The molecule has 108 valence electrons. The number of methoxy groups -OCH3 is 1. The van der Waals surface area contributed by atoms with Gasteiger partial charge in [0.15, 0.2) is 0 Å². The van der Waals surface area contributed by atoms with E-state index in [9.17, 15) is 13.2 Å². The van der Waals surface area contributed by atoms with Crippen molar-refractivity contribution in [1.29, 1.82) is 5.26 Å². The first-order chi connectivity index (χ1) is 9.95. The van der Waals surface area contributed by atoms with Gasteiger partial charge >= 0.3 is 6.18 Å². The lowest BCUT2D eigenvalue weighted by atomic mass is 10.0. The van der Waals surface area contributed by atoms with E-state index in [2.05, 4.69) is 4.98 Å². The van der Waals surface area contributed by atoms with Crippen LogP contribution in [0.25, 0.3) is 11.1 Å². The first kappa shape index (κ1) is 14.9. The first-order valence-electron chi connectivity index (χ1n) is 6.04. The number of hydrogen-bond acceptors (Lipinski definition) is 3. The highest BCUT2D eigenvalue weighted by molar-refractivity contribution is 5.69. The van der Waals surface area contributed by atoms with Crippen LogP contribution in [0.1, 0.15) is 11.3 Å². The van der Waals surface area contributed by atoms with E-state index in [1.807, 2.05) is 6.07 Å². The maximum Gasteiger partial charge on any atom is 0.416 e. The van der Waals surface area contributed by atoms with Gasteiger partial charge in [0.2, 0.25) is 5.88 Å². The fraction of sp³-hybridized carbons (Fsp3) is 0.200. The van der Waals surface area contributed by atoms with Crippen molar-refractivity contribution in [2.45, 2.75) is 12.6 Å². The Bertz CT molecular complexity index is 673. The molecule has 0 amide bonds. The van der Waals surface area contributed by atoms with Crippen LogP contribution in [0.5, 0.6) is 5.88 Å². The van der Waals surface area contributed by atoms with Gasteiger partial charge in [-0.1, -0.05) is 12.1 Å². The number of nitriles is 1. The van der Waals surface area contributed by atoms with E-state index in [1.54, 1.807) is 12.1 Å². The predicted octanol–water partition coefficient (Wildman–Crippen LogP) is 3.84. The van der Waals surface area contributed by atoms with Gasteiger partial charge in [-0.05, 0) is 29.8 Å². The summed E-state index contributed by atoms with van der Waals surface area (Å²) in [4.78, 5) is 4.16. The summed E-state index contributed by atoms with van der Waals surface area (Å²) in [6.07, 6.45) is -4.22. The fourth-order valence-electron chi connectivity index (χ4n) is 1.87. The molecule has 2 rings (SSSR count). The second-order valence-corrected chi connectivity index (χ2v) is 4.27. The minimum absolute atomic E-state index is 0.143. The fourth-order valence-corrected chi connectivity index (χ4v) is 1.87. The van der Waals surface area contributed by atoms with Gasteiger partial charge in [0, 0.05) is 5.56 Å². The van der Waals surface area contributed by atoms with Gasteiger partial charge in [0.05, 0.1) is 30.9 Å². The third-order valence-electron chi connectivity index (χ3n) is 2.89. The molecule has 0 fully saturated rings. The Hall–Kier alpha value is -2.55. The molecule has 0 saturated carbocycles. The summed E-state index contributed by atoms with van der Waals surface area (Å²) in [7, 11) is 1.42. The van der Waals surface area contributed by atoms with Crippen molar-refractivity contribution in [2.75, 3.05) is 7.11 Å². The van der Waals surface area contributed by atoms with Gasteiger partial charge < -0.3 is 4.74 Å². The zero-order valence-corrected chi connectivity index (χ0v) is 11.1. The van der Waals surface area contributed by atoms with Gasteiger partial charge in [-0.25, -0.2) is 4.98 Å². The summed E-state index contributed by atoms with van der Waals surface area (Å²) in [6.45, 7) is 0. The zero-order chi connectivity index (χ0) is 15.5. The zero-order valence-electron chi connectivity index (χ0n) is 11.1. The number of ether oxygens (including phenoxy) is 1. The maximum absolute atomic E-state index is 12.5. The number of nitrogens with zero attached hydrogens (tertiary/aromatic N) is 2. The van der Waals surface area contributed by atoms with Crippen molar-refractivity contribution in [1.82, 2.24) is 4.98 Å². The Balaban J connectivity index is 2.40. The monoisotopic (exact) mass is 292 g/mol. The van der Waals surface area contributed by atoms with E-state index < -0.39 is 11.7 Å². The van der Waals surface area contributed by atoms with Crippen LogP contribution in [0.15, 0.2) is 36.4 Å². The normalized spacial score (nSPS) is 11.0. The molecule has 0 aliphatic carbocycles. The Morgan fingerprint density at radius 1 is 1.14 bits per heavy atom. The lowest BCUT2D eigenvalue weighted by Gasteiger charge is -2.10. The maximum atomic E-state index is 12.5. The molecule has 0 aliphatic heterocycles. The smallest absolute Gasteiger partial charge is 0.416 e. The molecule has 0 N–H and O–H groups in total. The molecule has 0 bridgehead atoms. The number of hydrogen-bond donors (Lipinski definition) is 0. The topological polar surface area (TPSA) is 45.9 Å². The van der Waals surface area contributed by atoms with Gasteiger partial charge in [0.1, 0.15) is 0 Å². The van der Waals surface area contributed by atoms with E-state index in [4.69, 9.17) is 10.00 Å². The van der Waals surface area contributed by atoms with Crippen molar-refractivity contribution < 1.29 is 17.9 Å². The van der Waals surface area contributed by atoms with Crippen LogP contribution >= 0.6 is 0 Å². The highest BCUT2D eigenvalue weighted by atomic mass is 19.4. The average Bonchev–Trinajstić information content (AvgIpc) is 2.47. The molecule has 0 aliphatic rings. The molecule has 0 unspecified atom stereocenters. The number of alkyl halides is 3. The molecule has 1 heterocycles. The molecule has 1 aromatic carbocycles. The van der Waals surface area contributed by atoms with Crippen LogP contribution in [0.2, 0.25) is 0 Å². The summed E-state index contributed by atoms with van der Waals surface area (Å²) in [5.41, 5.74) is 0.980. The van der Waals surface area contributed by atoms with Crippen molar-refractivity contribution in [3.63, 3.8) is 0 Å². The molecule has 0 saturated heterocycles. The number of benzene rings is 1. The standard InChI is InChI=1S/C15H11F3N2O/c1-21-14-13(7-6-12(20-14)8-9-19)10-2-4-11(5-3-10)15(16,17)18/h2-7H,8H2,1H3. The SMILES string of the molecule is COc1nc(CC#N)ccc1-c1ccc(C(F)(F)F)cc1. The van der Waals surface area contributed by atoms with Crippen LogP contribution in [0.4, 0.5) is 13.2 Å². The van der Waals surface area contributed by atoms with Crippen LogP contribution in [0.3, 0.4) is 0 Å². The molecule has 0 atom stereocenters. The van der Waals surface area contributed by atoms with Crippen LogP contribution in [-0.4, -0.2) is 12.1 Å². The van der Waals surface area contributed by atoms with Crippen LogP contribution in [-0.2, 0) is 12.6 Å². The molecule has 3 nitrogen and oxygen atoms in total. The van der Waals surface area contributed by atoms with Crippen LogP contribution < -0.4 is 4.74 Å². The quantitative estimate of drug-likeness (QED) is 0.863. The number of halogens is 3. The lowest BCUT2D eigenvalue weighted by Crippen LogP contribution is -2.04. The molecule has 21 heavy (non-hydrogen) atoms. The Morgan fingerprint density at radius 2 is 1.81 bits per heavy atom.